The number of esters is 3. The van der Waals surface area contributed by atoms with Crippen LogP contribution >= 0.6 is 0 Å². The lowest BCUT2D eigenvalue weighted by Gasteiger charge is -2.18. The summed E-state index contributed by atoms with van der Waals surface area (Å²) in [6.07, 6.45) is 63.2. The number of rotatable bonds is 46. The molecule has 0 bridgehead atoms. The minimum Gasteiger partial charge on any atom is -0.462 e. The number of hydrogen-bond acceptors (Lipinski definition) is 6. The average Bonchev–Trinajstić information content (AvgIpc) is 3.27. The molecule has 62 heavy (non-hydrogen) atoms. The van der Waals surface area contributed by atoms with Gasteiger partial charge in [-0.25, -0.2) is 0 Å². The molecule has 356 valence electrons. The summed E-state index contributed by atoms with van der Waals surface area (Å²) >= 11 is 0. The van der Waals surface area contributed by atoms with Gasteiger partial charge in [0.05, 0.1) is 0 Å². The summed E-state index contributed by atoms with van der Waals surface area (Å²) in [6, 6.07) is 0. The van der Waals surface area contributed by atoms with Crippen molar-refractivity contribution in [3.05, 3.63) is 72.9 Å². The van der Waals surface area contributed by atoms with Crippen LogP contribution in [0.25, 0.3) is 0 Å². The molecule has 0 fully saturated rings. The smallest absolute Gasteiger partial charge is 0.306 e. The van der Waals surface area contributed by atoms with E-state index in [-0.39, 0.29) is 31.1 Å². The Labute approximate surface area is 382 Å². The fraction of sp³-hybridized carbons (Fsp3) is 0.732. The number of carbonyl (C=O) groups is 3. The maximum atomic E-state index is 12.8. The van der Waals surface area contributed by atoms with Crippen LogP contribution in [0.5, 0.6) is 0 Å². The van der Waals surface area contributed by atoms with Gasteiger partial charge in [-0.1, -0.05) is 209 Å². The molecule has 0 N–H and O–H groups in total. The van der Waals surface area contributed by atoms with Gasteiger partial charge < -0.3 is 14.2 Å². The molecule has 0 rings (SSSR count). The van der Waals surface area contributed by atoms with Gasteiger partial charge in [0.25, 0.3) is 0 Å². The third-order valence-electron chi connectivity index (χ3n) is 11.0. The van der Waals surface area contributed by atoms with Gasteiger partial charge in [0.1, 0.15) is 13.2 Å². The molecule has 1 unspecified atom stereocenters. The summed E-state index contributed by atoms with van der Waals surface area (Å²) in [7, 11) is 0. The predicted molar refractivity (Wildman–Crippen MR) is 265 cm³/mol. The molecular formula is C56H96O6. The largest absolute Gasteiger partial charge is 0.462 e. The van der Waals surface area contributed by atoms with Gasteiger partial charge in [-0.15, -0.1) is 0 Å². The van der Waals surface area contributed by atoms with E-state index in [1.807, 2.05) is 36.5 Å². The molecule has 6 heteroatoms. The van der Waals surface area contributed by atoms with Gasteiger partial charge >= 0.3 is 17.9 Å². The lowest BCUT2D eigenvalue weighted by Crippen LogP contribution is -2.30. The van der Waals surface area contributed by atoms with Crippen LogP contribution in [-0.2, 0) is 28.6 Å². The van der Waals surface area contributed by atoms with E-state index in [0.29, 0.717) is 19.3 Å². The SMILES string of the molecule is CC\C=C/C=C\C=C/C=C\CCCCCC(=O)OCC(COC(=O)CCCCCCCCC/C=C\CCCCCCCC)OC(=O)CCCCC/C=C\CCCCCCCCC. The van der Waals surface area contributed by atoms with E-state index >= 15 is 0 Å². The Balaban J connectivity index is 4.44. The second-order valence-corrected chi connectivity index (χ2v) is 17.1. The fourth-order valence-electron chi connectivity index (χ4n) is 7.09. The van der Waals surface area contributed by atoms with E-state index in [0.717, 1.165) is 83.5 Å². The third kappa shape index (κ3) is 47.9. The van der Waals surface area contributed by atoms with Gasteiger partial charge in [0.2, 0.25) is 0 Å². The molecule has 0 heterocycles. The zero-order valence-corrected chi connectivity index (χ0v) is 40.6. The highest BCUT2D eigenvalue weighted by atomic mass is 16.6. The van der Waals surface area contributed by atoms with Crippen molar-refractivity contribution in [1.82, 2.24) is 0 Å². The number of allylic oxidation sites excluding steroid dienone is 12. The highest BCUT2D eigenvalue weighted by molar-refractivity contribution is 5.71. The maximum absolute atomic E-state index is 12.8. The monoisotopic (exact) mass is 865 g/mol. The Bertz CT molecular complexity index is 1180. The van der Waals surface area contributed by atoms with Crippen LogP contribution in [0, 0.1) is 0 Å². The first-order chi connectivity index (χ1) is 30.5. The van der Waals surface area contributed by atoms with E-state index in [1.54, 1.807) is 0 Å². The summed E-state index contributed by atoms with van der Waals surface area (Å²) in [5.41, 5.74) is 0. The molecular weight excluding hydrogens is 769 g/mol. The van der Waals surface area contributed by atoms with Gasteiger partial charge in [0, 0.05) is 19.3 Å². The van der Waals surface area contributed by atoms with Gasteiger partial charge in [0.15, 0.2) is 6.10 Å². The van der Waals surface area contributed by atoms with Crippen LogP contribution in [0.15, 0.2) is 72.9 Å². The number of ether oxygens (including phenoxy) is 3. The first-order valence-electron chi connectivity index (χ1n) is 26.0. The Morgan fingerprint density at radius 3 is 1.05 bits per heavy atom. The second kappa shape index (κ2) is 50.5. The van der Waals surface area contributed by atoms with Crippen molar-refractivity contribution >= 4 is 17.9 Å². The number of hydrogen-bond donors (Lipinski definition) is 0. The summed E-state index contributed by atoms with van der Waals surface area (Å²) in [5, 5.41) is 0. The van der Waals surface area contributed by atoms with E-state index < -0.39 is 6.10 Å². The van der Waals surface area contributed by atoms with Crippen molar-refractivity contribution < 1.29 is 28.6 Å². The highest BCUT2D eigenvalue weighted by Crippen LogP contribution is 2.14. The summed E-state index contributed by atoms with van der Waals surface area (Å²) in [6.45, 7) is 6.44. The van der Waals surface area contributed by atoms with Crippen LogP contribution < -0.4 is 0 Å². The Morgan fingerprint density at radius 1 is 0.339 bits per heavy atom. The molecule has 0 spiro atoms. The van der Waals surface area contributed by atoms with Gasteiger partial charge in [-0.2, -0.15) is 0 Å². The van der Waals surface area contributed by atoms with Crippen molar-refractivity contribution in [3.8, 4) is 0 Å². The van der Waals surface area contributed by atoms with E-state index in [1.165, 1.54) is 122 Å². The van der Waals surface area contributed by atoms with Gasteiger partial charge in [-0.05, 0) is 89.9 Å². The molecule has 6 nitrogen and oxygen atoms in total. The lowest BCUT2D eigenvalue weighted by molar-refractivity contribution is -0.167. The van der Waals surface area contributed by atoms with Crippen LogP contribution in [-0.4, -0.2) is 37.2 Å². The molecule has 0 aliphatic carbocycles. The van der Waals surface area contributed by atoms with Crippen molar-refractivity contribution in [2.75, 3.05) is 13.2 Å². The first kappa shape index (κ1) is 58.9. The van der Waals surface area contributed by atoms with E-state index in [2.05, 4.69) is 57.2 Å². The highest BCUT2D eigenvalue weighted by Gasteiger charge is 2.19. The van der Waals surface area contributed by atoms with E-state index in [4.69, 9.17) is 14.2 Å². The molecule has 1 atom stereocenters. The van der Waals surface area contributed by atoms with Crippen molar-refractivity contribution in [3.63, 3.8) is 0 Å². The quantitative estimate of drug-likeness (QED) is 0.0199. The molecule has 0 saturated heterocycles. The third-order valence-corrected chi connectivity index (χ3v) is 11.0. The molecule has 0 aliphatic heterocycles. The number of carbonyl (C=O) groups excluding carboxylic acids is 3. The Hall–Kier alpha value is -3.15. The second-order valence-electron chi connectivity index (χ2n) is 17.1. The summed E-state index contributed by atoms with van der Waals surface area (Å²) < 4.78 is 16.7. The normalized spacial score (nSPS) is 12.6. The van der Waals surface area contributed by atoms with E-state index in [9.17, 15) is 14.4 Å². The summed E-state index contributed by atoms with van der Waals surface area (Å²) in [4.78, 5) is 37.9. The topological polar surface area (TPSA) is 78.9 Å². The Kier molecular flexibility index (Phi) is 47.9. The molecule has 0 amide bonds. The van der Waals surface area contributed by atoms with Gasteiger partial charge in [-0.3, -0.25) is 14.4 Å². The Morgan fingerprint density at radius 2 is 0.645 bits per heavy atom. The summed E-state index contributed by atoms with van der Waals surface area (Å²) in [5.74, 6) is -0.956. The van der Waals surface area contributed by atoms with Crippen LogP contribution in [0.3, 0.4) is 0 Å². The molecule has 0 aliphatic rings. The average molecular weight is 865 g/mol. The standard InChI is InChI=1S/C56H96O6/c1-4-7-10-13-16-19-22-25-27-28-29-32-34-37-40-43-46-49-55(58)61-52-53(51-60-54(57)48-45-42-39-36-33-30-24-21-18-15-12-9-6-3)62-56(59)50-47-44-41-38-35-31-26-23-20-17-14-11-8-5-2/h9,12,15,18,21,24-25,27,30-31,33,35,53H,4-8,10-11,13-14,16-17,19-20,22-23,26,28-29,32,34,36-52H2,1-3H3/b12-9-,18-15-,24-21-,27-25-,33-30-,35-31-. The molecule has 0 radical (unpaired) electrons. The van der Waals surface area contributed by atoms with Crippen molar-refractivity contribution in [2.45, 2.75) is 252 Å². The van der Waals surface area contributed by atoms with Crippen LogP contribution in [0.2, 0.25) is 0 Å². The molecule has 0 aromatic rings. The number of unbranched alkanes of at least 4 members (excludes halogenated alkanes) is 26. The molecule has 0 aromatic carbocycles. The van der Waals surface area contributed by atoms with Crippen molar-refractivity contribution in [1.29, 1.82) is 0 Å². The zero-order chi connectivity index (χ0) is 45.1. The van der Waals surface area contributed by atoms with Crippen LogP contribution in [0.1, 0.15) is 245 Å². The molecule has 0 aromatic heterocycles. The van der Waals surface area contributed by atoms with Crippen LogP contribution in [0.4, 0.5) is 0 Å². The van der Waals surface area contributed by atoms with Crippen molar-refractivity contribution in [2.24, 2.45) is 0 Å². The minimum absolute atomic E-state index is 0.0964. The lowest BCUT2D eigenvalue weighted by atomic mass is 10.1. The fourth-order valence-corrected chi connectivity index (χ4v) is 7.09. The molecule has 0 saturated carbocycles. The zero-order valence-electron chi connectivity index (χ0n) is 40.6. The predicted octanol–water partition coefficient (Wildman–Crippen LogP) is 17.0. The minimum atomic E-state index is -0.800. The first-order valence-corrected chi connectivity index (χ1v) is 26.0. The maximum Gasteiger partial charge on any atom is 0.306 e.